The fourth-order valence-electron chi connectivity index (χ4n) is 2.67. The van der Waals surface area contributed by atoms with E-state index in [0.717, 1.165) is 12.2 Å². The van der Waals surface area contributed by atoms with Gasteiger partial charge in [-0.05, 0) is 6.42 Å². The zero-order valence-electron chi connectivity index (χ0n) is 16.4. The van der Waals surface area contributed by atoms with Crippen molar-refractivity contribution in [2.75, 3.05) is 43.4 Å². The smallest absolute Gasteiger partial charge is 0.230 e. The average molecular weight is 414 g/mol. The summed E-state index contributed by atoms with van der Waals surface area (Å²) in [6, 6.07) is 1.73. The maximum atomic E-state index is 12.4. The van der Waals surface area contributed by atoms with E-state index >= 15 is 0 Å². The molecule has 1 N–H and O–H groups in total. The van der Waals surface area contributed by atoms with Crippen molar-refractivity contribution < 1.29 is 9.59 Å². The molecule has 0 aliphatic carbocycles. The molecule has 2 amide bonds. The summed E-state index contributed by atoms with van der Waals surface area (Å²) in [5.41, 5.74) is -0.372. The first-order valence-electron chi connectivity index (χ1n) is 9.19. The SMILES string of the molecule is CCCNC(=O)CSc1nc(Cl)cc(N2CCN(C(=O)C(C)(C)C)CC2)n1. The molecule has 1 saturated heterocycles. The number of halogens is 1. The number of nitrogens with zero attached hydrogens (tertiary/aromatic N) is 4. The van der Waals surface area contributed by atoms with Crippen LogP contribution in [0.2, 0.25) is 5.15 Å². The highest BCUT2D eigenvalue weighted by molar-refractivity contribution is 7.99. The largest absolute Gasteiger partial charge is 0.355 e. The van der Waals surface area contributed by atoms with E-state index in [4.69, 9.17) is 11.6 Å². The van der Waals surface area contributed by atoms with Crippen LogP contribution in [0.3, 0.4) is 0 Å². The first-order valence-corrected chi connectivity index (χ1v) is 10.6. The summed E-state index contributed by atoms with van der Waals surface area (Å²) in [5.74, 6) is 1.11. The van der Waals surface area contributed by atoms with E-state index in [9.17, 15) is 9.59 Å². The molecule has 0 aromatic carbocycles. The molecule has 0 atom stereocenters. The van der Waals surface area contributed by atoms with E-state index in [1.807, 2.05) is 32.6 Å². The second-order valence-electron chi connectivity index (χ2n) is 7.50. The van der Waals surface area contributed by atoms with Crippen LogP contribution in [0.1, 0.15) is 34.1 Å². The lowest BCUT2D eigenvalue weighted by Crippen LogP contribution is -2.51. The molecule has 0 spiro atoms. The van der Waals surface area contributed by atoms with Gasteiger partial charge in [-0.25, -0.2) is 9.97 Å². The van der Waals surface area contributed by atoms with Crippen molar-refractivity contribution in [1.29, 1.82) is 0 Å². The summed E-state index contributed by atoms with van der Waals surface area (Å²) < 4.78 is 0. The van der Waals surface area contributed by atoms with Crippen LogP contribution in [-0.4, -0.2) is 65.2 Å². The second-order valence-corrected chi connectivity index (χ2v) is 8.83. The van der Waals surface area contributed by atoms with E-state index in [-0.39, 0.29) is 23.0 Å². The van der Waals surface area contributed by atoms with Crippen LogP contribution in [0.4, 0.5) is 5.82 Å². The molecule has 1 aromatic rings. The Labute approximate surface area is 170 Å². The molecule has 27 heavy (non-hydrogen) atoms. The first kappa shape index (κ1) is 21.8. The van der Waals surface area contributed by atoms with Gasteiger partial charge in [0.2, 0.25) is 11.8 Å². The number of thioether (sulfide) groups is 1. The van der Waals surface area contributed by atoms with Gasteiger partial charge in [-0.1, -0.05) is 51.1 Å². The van der Waals surface area contributed by atoms with Gasteiger partial charge in [-0.3, -0.25) is 9.59 Å². The molecule has 0 radical (unpaired) electrons. The number of aromatic nitrogens is 2. The Morgan fingerprint density at radius 3 is 2.48 bits per heavy atom. The fourth-order valence-corrected chi connectivity index (χ4v) is 3.58. The van der Waals surface area contributed by atoms with Gasteiger partial charge in [-0.2, -0.15) is 0 Å². The van der Waals surface area contributed by atoms with Gasteiger partial charge in [-0.15, -0.1) is 0 Å². The maximum Gasteiger partial charge on any atom is 0.230 e. The molecule has 0 bridgehead atoms. The molecule has 1 aromatic heterocycles. The number of rotatable bonds is 6. The van der Waals surface area contributed by atoms with Gasteiger partial charge >= 0.3 is 0 Å². The van der Waals surface area contributed by atoms with Crippen LogP contribution in [0, 0.1) is 5.41 Å². The number of anilines is 1. The molecule has 1 fully saturated rings. The Morgan fingerprint density at radius 2 is 1.89 bits per heavy atom. The minimum absolute atomic E-state index is 0.0405. The Hall–Kier alpha value is -1.54. The van der Waals surface area contributed by atoms with Crippen molar-refractivity contribution in [2.24, 2.45) is 5.41 Å². The molecule has 0 unspecified atom stereocenters. The van der Waals surface area contributed by atoms with Crippen LogP contribution >= 0.6 is 23.4 Å². The molecular weight excluding hydrogens is 386 g/mol. The Morgan fingerprint density at radius 1 is 1.22 bits per heavy atom. The Balaban J connectivity index is 1.96. The number of carbonyl (C=O) groups excluding carboxylic acids is 2. The van der Waals surface area contributed by atoms with Crippen LogP contribution < -0.4 is 10.2 Å². The van der Waals surface area contributed by atoms with Crippen LogP contribution in [0.25, 0.3) is 0 Å². The van der Waals surface area contributed by atoms with E-state index in [2.05, 4.69) is 20.2 Å². The number of hydrogen-bond donors (Lipinski definition) is 1. The third kappa shape index (κ3) is 6.53. The molecule has 0 saturated carbocycles. The summed E-state index contributed by atoms with van der Waals surface area (Å²) in [6.45, 7) is 11.2. The lowest BCUT2D eigenvalue weighted by molar-refractivity contribution is -0.139. The Kier molecular flexibility index (Phi) is 7.73. The van der Waals surface area contributed by atoms with E-state index < -0.39 is 0 Å². The minimum Gasteiger partial charge on any atom is -0.355 e. The number of hydrogen-bond acceptors (Lipinski definition) is 6. The van der Waals surface area contributed by atoms with Gasteiger partial charge < -0.3 is 15.1 Å². The summed E-state index contributed by atoms with van der Waals surface area (Å²) in [4.78, 5) is 36.9. The van der Waals surface area contributed by atoms with Crippen LogP contribution in [0.5, 0.6) is 0 Å². The Bertz CT molecular complexity index is 672. The van der Waals surface area contributed by atoms with Gasteiger partial charge in [0.15, 0.2) is 5.16 Å². The number of nitrogens with one attached hydrogen (secondary N) is 1. The lowest BCUT2D eigenvalue weighted by Gasteiger charge is -2.38. The summed E-state index contributed by atoms with van der Waals surface area (Å²) in [5, 5.41) is 3.66. The maximum absolute atomic E-state index is 12.4. The van der Waals surface area contributed by atoms with Crippen molar-refractivity contribution in [3.05, 3.63) is 11.2 Å². The van der Waals surface area contributed by atoms with E-state index in [1.54, 1.807) is 6.07 Å². The molecular formula is C18H28ClN5O2S. The van der Waals surface area contributed by atoms with Crippen LogP contribution in [-0.2, 0) is 9.59 Å². The van der Waals surface area contributed by atoms with E-state index in [1.165, 1.54) is 11.8 Å². The van der Waals surface area contributed by atoms with Gasteiger partial charge in [0.1, 0.15) is 11.0 Å². The molecule has 2 rings (SSSR count). The normalized spacial score (nSPS) is 15.0. The standard InChI is InChI=1S/C18H28ClN5O2S/c1-5-6-20-15(25)12-27-17-21-13(19)11-14(22-17)23-7-9-24(10-8-23)16(26)18(2,3)4/h11H,5-10,12H2,1-4H3,(H,20,25). The topological polar surface area (TPSA) is 78.4 Å². The summed E-state index contributed by atoms with van der Waals surface area (Å²) in [7, 11) is 0. The lowest BCUT2D eigenvalue weighted by atomic mass is 9.94. The van der Waals surface area contributed by atoms with Crippen molar-refractivity contribution in [3.8, 4) is 0 Å². The van der Waals surface area contributed by atoms with Crippen molar-refractivity contribution >= 4 is 41.0 Å². The third-order valence-electron chi connectivity index (χ3n) is 4.10. The summed E-state index contributed by atoms with van der Waals surface area (Å²) >= 11 is 7.42. The predicted octanol–water partition coefficient (Wildman–Crippen LogP) is 2.44. The average Bonchev–Trinajstić information content (AvgIpc) is 2.63. The molecule has 9 heteroatoms. The van der Waals surface area contributed by atoms with Gasteiger partial charge in [0.05, 0.1) is 5.75 Å². The quantitative estimate of drug-likeness (QED) is 0.438. The monoisotopic (exact) mass is 413 g/mol. The van der Waals surface area contributed by atoms with Gasteiger partial charge in [0, 0.05) is 44.2 Å². The number of amides is 2. The number of piperazine rings is 1. The van der Waals surface area contributed by atoms with Crippen molar-refractivity contribution in [2.45, 2.75) is 39.3 Å². The number of carbonyl (C=O) groups is 2. The molecule has 150 valence electrons. The van der Waals surface area contributed by atoms with Crippen LogP contribution in [0.15, 0.2) is 11.2 Å². The summed E-state index contributed by atoms with van der Waals surface area (Å²) in [6.07, 6.45) is 0.901. The van der Waals surface area contributed by atoms with E-state index in [0.29, 0.717) is 43.0 Å². The zero-order chi connectivity index (χ0) is 20.0. The molecule has 1 aliphatic rings. The highest BCUT2D eigenvalue weighted by atomic mass is 35.5. The second kappa shape index (κ2) is 9.59. The zero-order valence-corrected chi connectivity index (χ0v) is 18.0. The highest BCUT2D eigenvalue weighted by Crippen LogP contribution is 2.24. The predicted molar refractivity (Wildman–Crippen MR) is 109 cm³/mol. The molecule has 7 nitrogen and oxygen atoms in total. The molecule has 2 heterocycles. The van der Waals surface area contributed by atoms with Gasteiger partial charge in [0.25, 0.3) is 0 Å². The minimum atomic E-state index is -0.372. The first-order chi connectivity index (χ1) is 12.7. The fraction of sp³-hybridized carbons (Fsp3) is 0.667. The highest BCUT2D eigenvalue weighted by Gasteiger charge is 2.30. The van der Waals surface area contributed by atoms with Crippen molar-refractivity contribution in [1.82, 2.24) is 20.2 Å². The third-order valence-corrected chi connectivity index (χ3v) is 5.14. The molecule has 1 aliphatic heterocycles. The van der Waals surface area contributed by atoms with Crippen molar-refractivity contribution in [3.63, 3.8) is 0 Å².